The van der Waals surface area contributed by atoms with Crippen molar-refractivity contribution in [1.29, 1.82) is 0 Å². The molecule has 0 N–H and O–H groups in total. The predicted molar refractivity (Wildman–Crippen MR) is 245 cm³/mol. The zero-order chi connectivity index (χ0) is 38.6. The maximum atomic E-state index is 2.40. The Kier molecular flexibility index (Phi) is 8.04. The van der Waals surface area contributed by atoms with Crippen molar-refractivity contribution in [2.45, 2.75) is 6.92 Å². The van der Waals surface area contributed by atoms with E-state index in [1.807, 2.05) is 0 Å². The zero-order valence-corrected chi connectivity index (χ0v) is 32.1. The molecular weight excluding hydrogens is 703 g/mol. The summed E-state index contributed by atoms with van der Waals surface area (Å²) in [5, 5.41) is 4.98. The fraction of sp³-hybridized carbons (Fsp3) is 0.0182. The molecule has 0 saturated heterocycles. The van der Waals surface area contributed by atoms with Gasteiger partial charge in [0.15, 0.2) is 0 Å². The van der Waals surface area contributed by atoms with Gasteiger partial charge in [0.05, 0.1) is 22.1 Å². The van der Waals surface area contributed by atoms with Crippen molar-refractivity contribution in [3.8, 4) is 33.6 Å². The fourth-order valence-electron chi connectivity index (χ4n) is 8.91. The highest BCUT2D eigenvalue weighted by Crippen LogP contribution is 2.41. The Balaban J connectivity index is 1.06. The number of anilines is 3. The lowest BCUT2D eigenvalue weighted by molar-refractivity contribution is 1.18. The molecule has 2 aromatic heterocycles. The van der Waals surface area contributed by atoms with E-state index in [1.54, 1.807) is 0 Å². The molecule has 0 fully saturated rings. The first kappa shape index (κ1) is 33.7. The molecule has 11 rings (SSSR count). The van der Waals surface area contributed by atoms with Gasteiger partial charge in [-0.2, -0.15) is 0 Å². The van der Waals surface area contributed by atoms with Gasteiger partial charge in [-0.3, -0.25) is 0 Å². The molecule has 58 heavy (non-hydrogen) atoms. The van der Waals surface area contributed by atoms with Crippen molar-refractivity contribution in [2.75, 3.05) is 4.90 Å². The van der Waals surface area contributed by atoms with Gasteiger partial charge in [0, 0.05) is 50.0 Å². The molecule has 0 spiro atoms. The summed E-state index contributed by atoms with van der Waals surface area (Å²) < 4.78 is 4.78. The van der Waals surface area contributed by atoms with Gasteiger partial charge >= 0.3 is 0 Å². The number of benzene rings is 9. The number of hydrogen-bond acceptors (Lipinski definition) is 1. The molecule has 3 nitrogen and oxygen atoms in total. The number of hydrogen-bond donors (Lipinski definition) is 0. The number of nitrogens with zero attached hydrogens (tertiary/aromatic N) is 3. The first-order chi connectivity index (χ1) is 28.7. The highest BCUT2D eigenvalue weighted by molar-refractivity contribution is 6.13. The molecule has 0 aliphatic rings. The molecule has 0 aliphatic heterocycles. The van der Waals surface area contributed by atoms with Gasteiger partial charge in [0.2, 0.25) is 0 Å². The van der Waals surface area contributed by atoms with E-state index >= 15 is 0 Å². The highest BCUT2D eigenvalue weighted by atomic mass is 15.1. The number of fused-ring (bicyclic) bond motifs is 6. The van der Waals surface area contributed by atoms with E-state index in [0.717, 1.165) is 22.7 Å². The van der Waals surface area contributed by atoms with Gasteiger partial charge < -0.3 is 14.0 Å². The standard InChI is InChI=1S/C55H39N3/c1-38-34-39(26-30-51(38)56(43-16-6-2-7-17-43)44-18-8-3-9-19-44)40-27-32-54-49(36-40)50-37-42(29-33-55(50)58(54)46-22-12-5-13-23-46)41-28-31-53-48(35-41)47-24-14-15-25-52(47)57(53)45-20-10-4-11-21-45/h2-37H,1H3. The molecule has 0 aliphatic carbocycles. The summed E-state index contributed by atoms with van der Waals surface area (Å²) in [5.41, 5.74) is 16.6. The highest BCUT2D eigenvalue weighted by Gasteiger charge is 2.18. The van der Waals surface area contributed by atoms with Crippen LogP contribution in [0.15, 0.2) is 218 Å². The second-order valence-electron chi connectivity index (χ2n) is 15.1. The van der Waals surface area contributed by atoms with Gasteiger partial charge in [-0.25, -0.2) is 0 Å². The average molecular weight is 742 g/mol. The topological polar surface area (TPSA) is 13.1 Å². The minimum atomic E-state index is 1.14. The van der Waals surface area contributed by atoms with Crippen molar-refractivity contribution in [1.82, 2.24) is 9.13 Å². The second-order valence-corrected chi connectivity index (χ2v) is 15.1. The van der Waals surface area contributed by atoms with Crippen molar-refractivity contribution >= 4 is 60.7 Å². The fourth-order valence-corrected chi connectivity index (χ4v) is 8.91. The predicted octanol–water partition coefficient (Wildman–Crippen LogP) is 15.0. The van der Waals surface area contributed by atoms with Crippen molar-refractivity contribution in [2.24, 2.45) is 0 Å². The Morgan fingerprint density at radius 3 is 1.14 bits per heavy atom. The summed E-state index contributed by atoms with van der Waals surface area (Å²) in [7, 11) is 0. The van der Waals surface area contributed by atoms with Gasteiger partial charge in [-0.1, -0.05) is 115 Å². The first-order valence-electron chi connectivity index (χ1n) is 19.9. The molecule has 274 valence electrons. The summed E-state index contributed by atoms with van der Waals surface area (Å²) in [6, 6.07) is 79.1. The van der Waals surface area contributed by atoms with Gasteiger partial charge in [-0.15, -0.1) is 0 Å². The molecule has 11 aromatic rings. The van der Waals surface area contributed by atoms with Crippen LogP contribution in [0.25, 0.3) is 77.2 Å². The third-order valence-electron chi connectivity index (χ3n) is 11.6. The first-order valence-corrected chi connectivity index (χ1v) is 19.9. The van der Waals surface area contributed by atoms with Crippen LogP contribution in [0.2, 0.25) is 0 Å². The molecule has 3 heteroatoms. The van der Waals surface area contributed by atoms with Crippen LogP contribution in [0, 0.1) is 6.92 Å². The summed E-state index contributed by atoms with van der Waals surface area (Å²) in [4.78, 5) is 2.34. The van der Waals surface area contributed by atoms with Gasteiger partial charge in [-0.05, 0) is 138 Å². The molecule has 9 aromatic carbocycles. The van der Waals surface area contributed by atoms with Crippen LogP contribution in [0.3, 0.4) is 0 Å². The quantitative estimate of drug-likeness (QED) is 0.159. The largest absolute Gasteiger partial charge is 0.310 e. The lowest BCUT2D eigenvalue weighted by Gasteiger charge is -2.27. The van der Waals surface area contributed by atoms with Crippen LogP contribution >= 0.6 is 0 Å². The van der Waals surface area contributed by atoms with E-state index in [1.165, 1.54) is 77.1 Å². The minimum Gasteiger partial charge on any atom is -0.310 e. The molecule has 2 heterocycles. The summed E-state index contributed by atoms with van der Waals surface area (Å²) >= 11 is 0. The monoisotopic (exact) mass is 741 g/mol. The third kappa shape index (κ3) is 5.59. The number of para-hydroxylation sites is 5. The van der Waals surface area contributed by atoms with Crippen molar-refractivity contribution < 1.29 is 0 Å². The molecular formula is C55H39N3. The lowest BCUT2D eigenvalue weighted by Crippen LogP contribution is -2.11. The Morgan fingerprint density at radius 1 is 0.310 bits per heavy atom. The average Bonchev–Trinajstić information content (AvgIpc) is 3.80. The van der Waals surface area contributed by atoms with E-state index in [-0.39, 0.29) is 0 Å². The van der Waals surface area contributed by atoms with E-state index < -0.39 is 0 Å². The van der Waals surface area contributed by atoms with E-state index in [4.69, 9.17) is 0 Å². The van der Waals surface area contributed by atoms with Crippen LogP contribution < -0.4 is 4.90 Å². The van der Waals surface area contributed by atoms with E-state index in [0.29, 0.717) is 0 Å². The smallest absolute Gasteiger partial charge is 0.0541 e. The Morgan fingerprint density at radius 2 is 0.672 bits per heavy atom. The molecule has 0 bridgehead atoms. The Labute approximate surface area is 337 Å². The van der Waals surface area contributed by atoms with E-state index in [9.17, 15) is 0 Å². The summed E-state index contributed by atoms with van der Waals surface area (Å²) in [6.07, 6.45) is 0. The lowest BCUT2D eigenvalue weighted by atomic mass is 9.98. The molecule has 0 radical (unpaired) electrons. The molecule has 0 amide bonds. The summed E-state index contributed by atoms with van der Waals surface area (Å²) in [6.45, 7) is 2.22. The van der Waals surface area contributed by atoms with Gasteiger partial charge in [0.25, 0.3) is 0 Å². The van der Waals surface area contributed by atoms with E-state index in [2.05, 4.69) is 239 Å². The number of aryl methyl sites for hydroxylation is 1. The van der Waals surface area contributed by atoms with Crippen LogP contribution in [0.4, 0.5) is 17.1 Å². The summed E-state index contributed by atoms with van der Waals surface area (Å²) in [5.74, 6) is 0. The molecule has 0 unspecified atom stereocenters. The van der Waals surface area contributed by atoms with Crippen LogP contribution in [-0.4, -0.2) is 9.13 Å². The van der Waals surface area contributed by atoms with Gasteiger partial charge in [0.1, 0.15) is 0 Å². The minimum absolute atomic E-state index is 1.14. The van der Waals surface area contributed by atoms with Crippen LogP contribution in [0.1, 0.15) is 5.56 Å². The normalized spacial score (nSPS) is 11.5. The molecule has 0 saturated carbocycles. The van der Waals surface area contributed by atoms with Crippen LogP contribution in [-0.2, 0) is 0 Å². The Hall–Kier alpha value is -7.62. The number of rotatable bonds is 7. The number of aromatic nitrogens is 2. The van der Waals surface area contributed by atoms with Crippen molar-refractivity contribution in [3.05, 3.63) is 224 Å². The Bertz CT molecular complexity index is 3230. The molecule has 0 atom stereocenters. The maximum absolute atomic E-state index is 2.40. The van der Waals surface area contributed by atoms with Crippen LogP contribution in [0.5, 0.6) is 0 Å². The second kappa shape index (κ2) is 13.8. The SMILES string of the molecule is Cc1cc(-c2ccc3c(c2)c2cc(-c4ccc5c(c4)c4ccccc4n5-c4ccccc4)ccc2n3-c2ccccc2)ccc1N(c1ccccc1)c1ccccc1. The third-order valence-corrected chi connectivity index (χ3v) is 11.6. The zero-order valence-electron chi connectivity index (χ0n) is 32.1. The maximum Gasteiger partial charge on any atom is 0.0541 e. The van der Waals surface area contributed by atoms with Crippen molar-refractivity contribution in [3.63, 3.8) is 0 Å².